The molecule has 1 aromatic carbocycles. The lowest BCUT2D eigenvalue weighted by molar-refractivity contribution is -0.142. The molecule has 0 atom stereocenters. The highest BCUT2D eigenvalue weighted by molar-refractivity contribution is 6.76. The third-order valence-electron chi connectivity index (χ3n) is 9.50. The number of fused-ring (bicyclic) bond motifs is 1. The van der Waals surface area contributed by atoms with Gasteiger partial charge in [0.15, 0.2) is 5.65 Å². The molecule has 50 heavy (non-hydrogen) atoms. The Kier molecular flexibility index (Phi) is 12.3. The molecule has 4 aromatic rings. The molecule has 0 bridgehead atoms. The normalized spacial score (nSPS) is 18.4. The molecule has 3 heterocycles. The first kappa shape index (κ1) is 37.8. The van der Waals surface area contributed by atoms with E-state index in [0.717, 1.165) is 40.3 Å². The number of anilines is 1. The van der Waals surface area contributed by atoms with Crippen LogP contribution in [0, 0.1) is 5.92 Å². The molecule has 1 N–H and O–H groups in total. The largest absolute Gasteiger partial charge is 0.469 e. The van der Waals surface area contributed by atoms with E-state index in [1.807, 2.05) is 65.4 Å². The predicted molar refractivity (Wildman–Crippen MR) is 205 cm³/mol. The van der Waals surface area contributed by atoms with Crippen molar-refractivity contribution in [1.82, 2.24) is 19.6 Å². The maximum absolute atomic E-state index is 12.2. The number of nitrogens with zero attached hydrogens (tertiary/aromatic N) is 5. The average molecular weight is 718 g/mol. The van der Waals surface area contributed by atoms with E-state index in [9.17, 15) is 9.90 Å². The summed E-state index contributed by atoms with van der Waals surface area (Å²) >= 11 is 0. The van der Waals surface area contributed by atoms with Gasteiger partial charge in [-0.3, -0.25) is 9.78 Å². The van der Waals surface area contributed by atoms with Crippen LogP contribution in [-0.2, 0) is 24.6 Å². The predicted octanol–water partition coefficient (Wildman–Crippen LogP) is 7.83. The number of ether oxygens (including phenoxy) is 3. The molecule has 0 aliphatic heterocycles. The highest BCUT2D eigenvalue weighted by atomic mass is 28.3. The molecule has 10 nitrogen and oxygen atoms in total. The van der Waals surface area contributed by atoms with Gasteiger partial charge in [0, 0.05) is 64.7 Å². The summed E-state index contributed by atoms with van der Waals surface area (Å²) in [7, 11) is -1.16. The Hall–Kier alpha value is -3.43. The van der Waals surface area contributed by atoms with Gasteiger partial charge in [0.05, 0.1) is 24.7 Å². The fourth-order valence-corrected chi connectivity index (χ4v) is 7.67. The second-order valence-corrected chi connectivity index (χ2v) is 27.3. The van der Waals surface area contributed by atoms with Crippen molar-refractivity contribution in [3.8, 4) is 22.4 Å². The summed E-state index contributed by atoms with van der Waals surface area (Å²) in [6.45, 7) is 16.0. The van der Waals surface area contributed by atoms with Gasteiger partial charge in [-0.25, -0.2) is 4.98 Å². The fourth-order valence-electron chi connectivity index (χ4n) is 6.16. The highest BCUT2D eigenvalue weighted by Crippen LogP contribution is 2.42. The molecule has 0 unspecified atom stereocenters. The van der Waals surface area contributed by atoms with Gasteiger partial charge in [-0.2, -0.15) is 9.61 Å². The number of benzene rings is 1. The van der Waals surface area contributed by atoms with Crippen LogP contribution in [0.25, 0.3) is 28.0 Å². The number of methoxy groups -OCH3 is 1. The minimum Gasteiger partial charge on any atom is -0.469 e. The number of aromatic nitrogens is 4. The zero-order chi connectivity index (χ0) is 35.9. The number of carbonyl (C=O) groups is 1. The van der Waals surface area contributed by atoms with E-state index in [4.69, 9.17) is 29.3 Å². The maximum atomic E-state index is 12.2. The summed E-state index contributed by atoms with van der Waals surface area (Å²) in [4.78, 5) is 24.0. The molecule has 1 aliphatic rings. The summed E-state index contributed by atoms with van der Waals surface area (Å²) < 4.78 is 19.4. The van der Waals surface area contributed by atoms with Gasteiger partial charge >= 0.3 is 5.97 Å². The molecular formula is C38H55N5O5Si2. The van der Waals surface area contributed by atoms with Crippen LogP contribution in [0.4, 0.5) is 5.82 Å². The molecule has 0 spiro atoms. The monoisotopic (exact) mass is 717 g/mol. The summed E-state index contributed by atoms with van der Waals surface area (Å²) in [6, 6.07) is 18.2. The maximum Gasteiger partial charge on any atom is 0.305 e. The molecule has 270 valence electrons. The van der Waals surface area contributed by atoms with Crippen LogP contribution >= 0.6 is 0 Å². The number of carbonyl (C=O) groups excluding carboxylic acids is 1. The van der Waals surface area contributed by atoms with E-state index in [1.54, 1.807) is 0 Å². The second kappa shape index (κ2) is 16.3. The zero-order valence-corrected chi connectivity index (χ0v) is 32.9. The Balaban J connectivity index is 1.52. The topological polar surface area (TPSA) is 111 Å². The minimum atomic E-state index is -1.29. The number of hydrogen-bond donors (Lipinski definition) is 1. The van der Waals surface area contributed by atoms with E-state index in [2.05, 4.69) is 44.2 Å². The van der Waals surface area contributed by atoms with Gasteiger partial charge < -0.3 is 24.2 Å². The van der Waals surface area contributed by atoms with E-state index in [-0.39, 0.29) is 11.9 Å². The quantitative estimate of drug-likeness (QED) is 0.0537. The van der Waals surface area contributed by atoms with Crippen molar-refractivity contribution in [2.24, 2.45) is 5.92 Å². The van der Waals surface area contributed by atoms with Gasteiger partial charge in [0.25, 0.3) is 0 Å². The van der Waals surface area contributed by atoms with Crippen molar-refractivity contribution in [1.29, 1.82) is 0 Å². The van der Waals surface area contributed by atoms with Crippen molar-refractivity contribution >= 4 is 33.6 Å². The number of rotatable bonds is 16. The molecule has 1 saturated carbocycles. The molecule has 0 saturated heterocycles. The SMILES string of the molecule is COC(=O)CC1CCC(O)(c2cc(N(COCC[Si](C)(C)C)COCC[Si](C)(C)C)n3ncc(-c4ccc(-c5ccccc5)nc4)c3n2)CC1. The van der Waals surface area contributed by atoms with Crippen molar-refractivity contribution in [3.05, 3.63) is 66.6 Å². The van der Waals surface area contributed by atoms with Gasteiger partial charge in [-0.15, -0.1) is 0 Å². The van der Waals surface area contributed by atoms with E-state index in [1.165, 1.54) is 7.11 Å². The van der Waals surface area contributed by atoms with Crippen molar-refractivity contribution in [3.63, 3.8) is 0 Å². The van der Waals surface area contributed by atoms with Crippen LogP contribution in [0.1, 0.15) is 37.8 Å². The lowest BCUT2D eigenvalue weighted by Crippen LogP contribution is -2.36. The van der Waals surface area contributed by atoms with Crippen molar-refractivity contribution in [2.75, 3.05) is 38.7 Å². The van der Waals surface area contributed by atoms with Crippen molar-refractivity contribution in [2.45, 2.75) is 89.1 Å². The molecule has 5 rings (SSSR count). The van der Waals surface area contributed by atoms with E-state index in [0.29, 0.717) is 70.1 Å². The molecule has 1 fully saturated rings. The summed E-state index contributed by atoms with van der Waals surface area (Å²) in [5.41, 5.74) is 3.69. The molecule has 12 heteroatoms. The van der Waals surface area contributed by atoms with Crippen LogP contribution in [0.3, 0.4) is 0 Å². The molecule has 3 aromatic heterocycles. The first-order valence-electron chi connectivity index (χ1n) is 17.9. The minimum absolute atomic E-state index is 0.168. The van der Waals surface area contributed by atoms with E-state index >= 15 is 0 Å². The Morgan fingerprint density at radius 1 is 0.920 bits per heavy atom. The lowest BCUT2D eigenvalue weighted by atomic mass is 9.76. The molecule has 0 amide bonds. The third-order valence-corrected chi connectivity index (χ3v) is 12.9. The first-order chi connectivity index (χ1) is 23.7. The smallest absolute Gasteiger partial charge is 0.305 e. The summed E-state index contributed by atoms with van der Waals surface area (Å²) in [5, 5.41) is 17.0. The van der Waals surface area contributed by atoms with Crippen LogP contribution in [0.2, 0.25) is 51.4 Å². The van der Waals surface area contributed by atoms with Gasteiger partial charge in [-0.1, -0.05) is 75.7 Å². The fraction of sp³-hybridized carbons (Fsp3) is 0.526. The Morgan fingerprint density at radius 3 is 2.12 bits per heavy atom. The lowest BCUT2D eigenvalue weighted by Gasteiger charge is -2.36. The first-order valence-corrected chi connectivity index (χ1v) is 25.3. The second-order valence-electron chi connectivity index (χ2n) is 16.1. The molecular weight excluding hydrogens is 663 g/mol. The van der Waals surface area contributed by atoms with Gasteiger partial charge in [0.2, 0.25) is 0 Å². The number of hydrogen-bond acceptors (Lipinski definition) is 9. The molecule has 1 aliphatic carbocycles. The standard InChI is InChI=1S/C38H55N5O5Si2/c1-46-36(44)23-29-15-17-38(45,18-16-29)34-24-35(42(27-47-19-21-49(2,3)4)28-48-20-22-50(5,6)7)43-37(41-34)32(26-40-43)31-13-14-33(39-25-31)30-11-9-8-10-12-30/h8-14,24-26,29,45H,15-23,27-28H2,1-7H3. The van der Waals surface area contributed by atoms with Crippen LogP contribution in [0.5, 0.6) is 0 Å². The number of esters is 1. The van der Waals surface area contributed by atoms with E-state index < -0.39 is 21.7 Å². The van der Waals surface area contributed by atoms with Gasteiger partial charge in [0.1, 0.15) is 24.9 Å². The van der Waals surface area contributed by atoms with Crippen LogP contribution < -0.4 is 4.90 Å². The summed E-state index contributed by atoms with van der Waals surface area (Å²) in [6.07, 6.45) is 6.43. The molecule has 0 radical (unpaired) electrons. The van der Waals surface area contributed by atoms with Crippen molar-refractivity contribution < 1.29 is 24.1 Å². The Morgan fingerprint density at radius 2 is 1.56 bits per heavy atom. The van der Waals surface area contributed by atoms with Crippen LogP contribution in [0.15, 0.2) is 60.9 Å². The van der Waals surface area contributed by atoms with Crippen LogP contribution in [-0.4, -0.2) is 80.6 Å². The highest BCUT2D eigenvalue weighted by Gasteiger charge is 2.38. The number of aliphatic hydroxyl groups is 1. The average Bonchev–Trinajstić information content (AvgIpc) is 3.52. The Labute approximate surface area is 299 Å². The van der Waals surface area contributed by atoms with Gasteiger partial charge in [-0.05, 0) is 49.8 Å². The Bertz CT molecular complexity index is 1670. The summed E-state index contributed by atoms with van der Waals surface area (Å²) in [5.74, 6) is 0.704. The third kappa shape index (κ3) is 10.1. The number of pyridine rings is 1. The zero-order valence-electron chi connectivity index (χ0n) is 30.9.